The monoisotopic (exact) mass is 399 g/mol. The third-order valence-corrected chi connectivity index (χ3v) is 4.93. The average Bonchev–Trinajstić information content (AvgIpc) is 3.33. The first-order valence-electron chi connectivity index (χ1n) is 9.57. The van der Waals surface area contributed by atoms with Gasteiger partial charge < -0.3 is 14.6 Å². The average molecular weight is 399 g/mol. The number of carbonyl (C=O) groups excluding carboxylic acids is 2. The van der Waals surface area contributed by atoms with Crippen molar-refractivity contribution in [1.82, 2.24) is 15.2 Å². The van der Waals surface area contributed by atoms with E-state index in [1.807, 2.05) is 42.5 Å². The first-order chi connectivity index (χ1) is 14.6. The lowest BCUT2D eigenvalue weighted by atomic mass is 10.0. The minimum absolute atomic E-state index is 0.114. The van der Waals surface area contributed by atoms with Crippen LogP contribution in [0.5, 0.6) is 0 Å². The number of fused-ring (bicyclic) bond motifs is 1. The van der Waals surface area contributed by atoms with Gasteiger partial charge in [-0.25, -0.2) is 4.98 Å². The Hall–Kier alpha value is -3.93. The molecule has 4 rings (SSSR count). The van der Waals surface area contributed by atoms with E-state index in [-0.39, 0.29) is 11.8 Å². The van der Waals surface area contributed by atoms with E-state index in [9.17, 15) is 9.59 Å². The summed E-state index contributed by atoms with van der Waals surface area (Å²) in [6, 6.07) is 20.2. The van der Waals surface area contributed by atoms with Gasteiger partial charge in [0.15, 0.2) is 5.76 Å². The molecule has 0 aliphatic heterocycles. The van der Waals surface area contributed by atoms with Crippen molar-refractivity contribution in [3.63, 3.8) is 0 Å². The van der Waals surface area contributed by atoms with E-state index in [1.165, 1.54) is 0 Å². The molecule has 1 N–H and O–H groups in total. The molecule has 0 aliphatic carbocycles. The molecule has 0 unspecified atom stereocenters. The quantitative estimate of drug-likeness (QED) is 0.548. The van der Waals surface area contributed by atoms with Gasteiger partial charge in [0.25, 0.3) is 11.8 Å². The Kier molecular flexibility index (Phi) is 5.30. The molecule has 0 spiro atoms. The fourth-order valence-electron chi connectivity index (χ4n) is 3.36. The molecule has 0 radical (unpaired) electrons. The largest absolute Gasteiger partial charge is 0.463 e. The molecule has 0 bridgehead atoms. The Bertz CT molecular complexity index is 1200. The maximum atomic E-state index is 13.3. The smallest absolute Gasteiger partial charge is 0.254 e. The molecule has 2 heterocycles. The Labute approximate surface area is 174 Å². The van der Waals surface area contributed by atoms with Crippen LogP contribution in [0, 0.1) is 0 Å². The van der Waals surface area contributed by atoms with Gasteiger partial charge in [-0.3, -0.25) is 9.59 Å². The summed E-state index contributed by atoms with van der Waals surface area (Å²) >= 11 is 0. The third kappa shape index (κ3) is 3.80. The van der Waals surface area contributed by atoms with Crippen LogP contribution >= 0.6 is 0 Å². The summed E-state index contributed by atoms with van der Waals surface area (Å²) in [5.74, 6) is 0.360. The Morgan fingerprint density at radius 2 is 1.80 bits per heavy atom. The Morgan fingerprint density at radius 3 is 2.50 bits per heavy atom. The van der Waals surface area contributed by atoms with Crippen LogP contribution in [0.1, 0.15) is 26.3 Å². The summed E-state index contributed by atoms with van der Waals surface area (Å²) in [7, 11) is 3.36. The number of carbonyl (C=O) groups is 2. The summed E-state index contributed by atoms with van der Waals surface area (Å²) in [6.07, 6.45) is 1.59. The Balaban J connectivity index is 1.64. The topological polar surface area (TPSA) is 75.4 Å². The van der Waals surface area contributed by atoms with Crippen LogP contribution in [0.3, 0.4) is 0 Å². The van der Waals surface area contributed by atoms with Gasteiger partial charge >= 0.3 is 0 Å². The number of nitrogens with one attached hydrogen (secondary N) is 1. The van der Waals surface area contributed by atoms with E-state index in [2.05, 4.69) is 10.3 Å². The Morgan fingerprint density at radius 1 is 1.03 bits per heavy atom. The second kappa shape index (κ2) is 8.21. The third-order valence-electron chi connectivity index (χ3n) is 4.93. The summed E-state index contributed by atoms with van der Waals surface area (Å²) < 4.78 is 5.48. The number of furan rings is 1. The molecular weight excluding hydrogens is 378 g/mol. The number of hydrogen-bond acceptors (Lipinski definition) is 4. The number of benzene rings is 2. The van der Waals surface area contributed by atoms with Crippen LogP contribution < -0.4 is 5.32 Å². The van der Waals surface area contributed by atoms with Crippen molar-refractivity contribution in [3.05, 3.63) is 89.7 Å². The highest BCUT2D eigenvalue weighted by Crippen LogP contribution is 2.26. The molecule has 4 aromatic rings. The zero-order valence-electron chi connectivity index (χ0n) is 16.8. The maximum Gasteiger partial charge on any atom is 0.254 e. The predicted molar refractivity (Wildman–Crippen MR) is 115 cm³/mol. The second-order valence-electron chi connectivity index (χ2n) is 6.99. The number of pyridine rings is 1. The van der Waals surface area contributed by atoms with Crippen molar-refractivity contribution in [3.8, 4) is 11.5 Å². The van der Waals surface area contributed by atoms with Gasteiger partial charge in [-0.15, -0.1) is 0 Å². The first-order valence-corrected chi connectivity index (χ1v) is 9.57. The molecule has 0 aliphatic rings. The lowest BCUT2D eigenvalue weighted by Crippen LogP contribution is -2.26. The van der Waals surface area contributed by atoms with Gasteiger partial charge in [-0.05, 0) is 42.0 Å². The summed E-state index contributed by atoms with van der Waals surface area (Å²) in [5, 5.41) is 3.39. The van der Waals surface area contributed by atoms with Gasteiger partial charge in [0.05, 0.1) is 17.3 Å². The number of aromatic nitrogens is 1. The minimum Gasteiger partial charge on any atom is -0.463 e. The van der Waals surface area contributed by atoms with Crippen molar-refractivity contribution < 1.29 is 14.0 Å². The van der Waals surface area contributed by atoms with Gasteiger partial charge in [0.2, 0.25) is 0 Å². The van der Waals surface area contributed by atoms with Crippen LogP contribution in [0.4, 0.5) is 0 Å². The maximum absolute atomic E-state index is 13.3. The molecule has 6 nitrogen and oxygen atoms in total. The molecule has 150 valence electrons. The molecule has 2 aromatic carbocycles. The lowest BCUT2D eigenvalue weighted by molar-refractivity contribution is 0.0786. The van der Waals surface area contributed by atoms with Crippen LogP contribution in [-0.4, -0.2) is 35.8 Å². The molecule has 2 amide bonds. The van der Waals surface area contributed by atoms with E-state index >= 15 is 0 Å². The number of hydrogen-bond donors (Lipinski definition) is 1. The number of amides is 2. The summed E-state index contributed by atoms with van der Waals surface area (Å²) in [6.45, 7) is 0.416. The number of rotatable bonds is 5. The summed E-state index contributed by atoms with van der Waals surface area (Å²) in [5.41, 5.74) is 3.43. The molecule has 0 atom stereocenters. The highest BCUT2D eigenvalue weighted by atomic mass is 16.3. The first kappa shape index (κ1) is 19.4. The molecule has 2 aromatic heterocycles. The van der Waals surface area contributed by atoms with Crippen molar-refractivity contribution in [1.29, 1.82) is 0 Å². The fraction of sp³-hybridized carbons (Fsp3) is 0.125. The van der Waals surface area contributed by atoms with E-state index in [0.717, 1.165) is 16.5 Å². The van der Waals surface area contributed by atoms with E-state index in [4.69, 9.17) is 4.42 Å². The fourth-order valence-corrected chi connectivity index (χ4v) is 3.36. The number of nitrogens with zero attached hydrogens (tertiary/aromatic N) is 2. The highest BCUT2D eigenvalue weighted by Gasteiger charge is 2.18. The van der Waals surface area contributed by atoms with Crippen molar-refractivity contribution >= 4 is 22.7 Å². The van der Waals surface area contributed by atoms with Gasteiger partial charge in [-0.1, -0.05) is 30.3 Å². The van der Waals surface area contributed by atoms with Crippen LogP contribution in [0.2, 0.25) is 0 Å². The molecular formula is C24H21N3O3. The van der Waals surface area contributed by atoms with Crippen molar-refractivity contribution in [2.75, 3.05) is 14.1 Å². The zero-order valence-corrected chi connectivity index (χ0v) is 16.8. The lowest BCUT2D eigenvalue weighted by Gasteiger charge is -2.19. The van der Waals surface area contributed by atoms with Crippen LogP contribution in [0.15, 0.2) is 77.4 Å². The molecule has 0 saturated carbocycles. The van der Waals surface area contributed by atoms with Gasteiger partial charge in [-0.2, -0.15) is 0 Å². The van der Waals surface area contributed by atoms with E-state index in [1.54, 1.807) is 49.5 Å². The molecule has 0 fully saturated rings. The predicted octanol–water partition coefficient (Wildman–Crippen LogP) is 4.13. The number of para-hydroxylation sites is 1. The highest BCUT2D eigenvalue weighted by molar-refractivity contribution is 6.07. The molecule has 0 saturated heterocycles. The molecule has 30 heavy (non-hydrogen) atoms. The van der Waals surface area contributed by atoms with E-state index in [0.29, 0.717) is 29.1 Å². The second-order valence-corrected chi connectivity index (χ2v) is 6.99. The normalized spacial score (nSPS) is 10.7. The minimum atomic E-state index is -0.139. The standard InChI is InChI=1S/C24H21N3O3/c1-25-23(28)17-11-9-16(10-12-17)15-27(2)24(29)19-14-21(22-8-5-13-30-22)26-20-7-4-3-6-18(19)20/h3-14H,15H2,1-2H3,(H,25,28). The van der Waals surface area contributed by atoms with Crippen molar-refractivity contribution in [2.24, 2.45) is 0 Å². The van der Waals surface area contributed by atoms with Gasteiger partial charge in [0, 0.05) is 31.6 Å². The van der Waals surface area contributed by atoms with Crippen molar-refractivity contribution in [2.45, 2.75) is 6.54 Å². The van der Waals surface area contributed by atoms with Crippen LogP contribution in [-0.2, 0) is 6.54 Å². The zero-order chi connectivity index (χ0) is 21.1. The van der Waals surface area contributed by atoms with Gasteiger partial charge in [0.1, 0.15) is 5.69 Å². The SMILES string of the molecule is CNC(=O)c1ccc(CN(C)C(=O)c2cc(-c3ccco3)nc3ccccc23)cc1. The van der Waals surface area contributed by atoms with E-state index < -0.39 is 0 Å². The van der Waals surface area contributed by atoms with Crippen LogP contribution in [0.25, 0.3) is 22.4 Å². The summed E-state index contributed by atoms with van der Waals surface area (Å²) in [4.78, 5) is 31.3. The molecule has 6 heteroatoms.